The summed E-state index contributed by atoms with van der Waals surface area (Å²) in [7, 11) is 0. The second-order valence-corrected chi connectivity index (χ2v) is 3.80. The summed E-state index contributed by atoms with van der Waals surface area (Å²) in [6.45, 7) is 9.01. The summed E-state index contributed by atoms with van der Waals surface area (Å²) in [5.41, 5.74) is 0.0160. The van der Waals surface area contributed by atoms with Gasteiger partial charge in [-0.3, -0.25) is 0 Å². The highest BCUT2D eigenvalue weighted by molar-refractivity contribution is 9.09. The highest BCUT2D eigenvalue weighted by atomic mass is 79.9. The fourth-order valence-electron chi connectivity index (χ4n) is 0.405. The molecule has 0 aliphatic carbocycles. The molecule has 0 heterocycles. The van der Waals surface area contributed by atoms with Gasteiger partial charge in [0.05, 0.1) is 0 Å². The maximum atomic E-state index is 11.0. The highest BCUT2D eigenvalue weighted by Gasteiger charge is 2.17. The fourth-order valence-corrected chi connectivity index (χ4v) is 0.634. The number of carbonyl (C=O) groups is 1. The van der Waals surface area contributed by atoms with Gasteiger partial charge in [0.2, 0.25) is 0 Å². The maximum Gasteiger partial charge on any atom is 0.334 e. The van der Waals surface area contributed by atoms with E-state index < -0.39 is 5.60 Å². The van der Waals surface area contributed by atoms with Gasteiger partial charge >= 0.3 is 5.97 Å². The number of halogens is 1. The van der Waals surface area contributed by atoms with Crippen LogP contribution in [0.4, 0.5) is 0 Å². The quantitative estimate of drug-likeness (QED) is 0.406. The first-order valence-electron chi connectivity index (χ1n) is 3.34. The smallest absolute Gasteiger partial charge is 0.334 e. The normalized spacial score (nSPS) is 10.9. The van der Waals surface area contributed by atoms with E-state index in [-0.39, 0.29) is 5.97 Å². The van der Waals surface area contributed by atoms with Crippen LogP contribution in [-0.2, 0) is 9.53 Å². The first-order chi connectivity index (χ1) is 4.87. The molecular formula is C8H13BrO2. The van der Waals surface area contributed by atoms with Crippen molar-refractivity contribution in [2.45, 2.75) is 26.4 Å². The lowest BCUT2D eigenvalue weighted by atomic mass is 10.2. The molecule has 0 aromatic carbocycles. The molecule has 64 valence electrons. The van der Waals surface area contributed by atoms with Crippen molar-refractivity contribution in [3.63, 3.8) is 0 Å². The summed E-state index contributed by atoms with van der Waals surface area (Å²) in [6, 6.07) is 0. The minimum atomic E-state index is -0.428. The van der Waals surface area contributed by atoms with Crippen LogP contribution < -0.4 is 0 Å². The Morgan fingerprint density at radius 3 is 2.27 bits per heavy atom. The van der Waals surface area contributed by atoms with Crippen molar-refractivity contribution in [3.05, 3.63) is 12.2 Å². The fraction of sp³-hybridized carbons (Fsp3) is 0.625. The number of hydrogen-bond acceptors (Lipinski definition) is 2. The second kappa shape index (κ2) is 3.90. The van der Waals surface area contributed by atoms with E-state index in [1.807, 2.05) is 20.8 Å². The van der Waals surface area contributed by atoms with Gasteiger partial charge in [0.1, 0.15) is 5.60 Å². The van der Waals surface area contributed by atoms with Crippen LogP contribution in [0.25, 0.3) is 0 Å². The Balaban J connectivity index is 3.99. The van der Waals surface area contributed by atoms with Crippen molar-refractivity contribution in [2.75, 3.05) is 5.33 Å². The predicted octanol–water partition coefficient (Wildman–Crippen LogP) is 2.28. The molecule has 0 fully saturated rings. The van der Waals surface area contributed by atoms with Crippen LogP contribution in [0.5, 0.6) is 0 Å². The van der Waals surface area contributed by atoms with Gasteiger partial charge in [-0.15, -0.1) is 0 Å². The Morgan fingerprint density at radius 1 is 1.55 bits per heavy atom. The molecule has 0 saturated carbocycles. The molecule has 0 saturated heterocycles. The average Bonchev–Trinajstić information content (AvgIpc) is 1.82. The van der Waals surface area contributed by atoms with E-state index in [0.717, 1.165) is 0 Å². The summed E-state index contributed by atoms with van der Waals surface area (Å²) in [5, 5.41) is 0.460. The maximum absolute atomic E-state index is 11.0. The van der Waals surface area contributed by atoms with Crippen LogP contribution in [0.1, 0.15) is 20.8 Å². The molecule has 0 N–H and O–H groups in total. The molecule has 0 rings (SSSR count). The van der Waals surface area contributed by atoms with E-state index in [1.165, 1.54) is 0 Å². The lowest BCUT2D eigenvalue weighted by molar-refractivity contribution is -0.149. The van der Waals surface area contributed by atoms with E-state index in [0.29, 0.717) is 10.9 Å². The Labute approximate surface area is 75.7 Å². The number of hydrogen-bond donors (Lipinski definition) is 0. The average molecular weight is 221 g/mol. The van der Waals surface area contributed by atoms with Gasteiger partial charge in [0.15, 0.2) is 0 Å². The molecule has 0 spiro atoms. The van der Waals surface area contributed by atoms with Gasteiger partial charge in [0.25, 0.3) is 0 Å². The Kier molecular flexibility index (Phi) is 3.79. The first kappa shape index (κ1) is 10.7. The van der Waals surface area contributed by atoms with E-state index in [9.17, 15) is 4.79 Å². The Morgan fingerprint density at radius 2 is 2.00 bits per heavy atom. The molecule has 0 amide bonds. The van der Waals surface area contributed by atoms with Crippen LogP contribution in [0.15, 0.2) is 12.2 Å². The molecule has 0 unspecified atom stereocenters. The molecule has 0 bridgehead atoms. The van der Waals surface area contributed by atoms with Crippen LogP contribution in [0.3, 0.4) is 0 Å². The molecular weight excluding hydrogens is 208 g/mol. The van der Waals surface area contributed by atoms with Gasteiger partial charge in [-0.25, -0.2) is 4.79 Å². The summed E-state index contributed by atoms with van der Waals surface area (Å²) in [5.74, 6) is -0.339. The van der Waals surface area contributed by atoms with Crippen molar-refractivity contribution in [2.24, 2.45) is 0 Å². The summed E-state index contributed by atoms with van der Waals surface area (Å²) < 4.78 is 5.02. The van der Waals surface area contributed by atoms with Gasteiger partial charge < -0.3 is 4.74 Å². The molecule has 3 heteroatoms. The molecule has 0 aromatic heterocycles. The van der Waals surface area contributed by atoms with E-state index in [1.54, 1.807) is 0 Å². The zero-order valence-electron chi connectivity index (χ0n) is 7.11. The second-order valence-electron chi connectivity index (χ2n) is 3.24. The van der Waals surface area contributed by atoms with Crippen LogP contribution in [0.2, 0.25) is 0 Å². The van der Waals surface area contributed by atoms with Crippen LogP contribution in [-0.4, -0.2) is 16.9 Å². The summed E-state index contributed by atoms with van der Waals surface area (Å²) >= 11 is 3.12. The largest absolute Gasteiger partial charge is 0.457 e. The minimum Gasteiger partial charge on any atom is -0.457 e. The highest BCUT2D eigenvalue weighted by Crippen LogP contribution is 2.10. The molecule has 2 nitrogen and oxygen atoms in total. The molecule has 0 aliphatic rings. The van der Waals surface area contributed by atoms with Gasteiger partial charge in [-0.05, 0) is 20.8 Å². The molecule has 11 heavy (non-hydrogen) atoms. The van der Waals surface area contributed by atoms with Crippen molar-refractivity contribution in [1.29, 1.82) is 0 Å². The van der Waals surface area contributed by atoms with Gasteiger partial charge in [-0.2, -0.15) is 0 Å². The number of alkyl halides is 1. The Bertz CT molecular complexity index is 167. The third kappa shape index (κ3) is 5.01. The number of esters is 1. The van der Waals surface area contributed by atoms with Crippen molar-refractivity contribution in [3.8, 4) is 0 Å². The molecule has 0 atom stereocenters. The standard InChI is InChI=1S/C8H13BrO2/c1-6(5-9)7(10)11-8(2,3)4/h1,5H2,2-4H3. The van der Waals surface area contributed by atoms with E-state index in [2.05, 4.69) is 22.5 Å². The molecule has 0 aromatic rings. The minimum absolute atomic E-state index is 0.339. The monoisotopic (exact) mass is 220 g/mol. The third-order valence-corrected chi connectivity index (χ3v) is 1.53. The zero-order valence-corrected chi connectivity index (χ0v) is 8.69. The Hall–Kier alpha value is -0.310. The lowest BCUT2D eigenvalue weighted by Gasteiger charge is -2.19. The molecule has 0 aliphatic heterocycles. The summed E-state index contributed by atoms with van der Waals surface area (Å²) in [6.07, 6.45) is 0. The summed E-state index contributed by atoms with van der Waals surface area (Å²) in [4.78, 5) is 11.0. The zero-order chi connectivity index (χ0) is 9.07. The van der Waals surface area contributed by atoms with Crippen molar-refractivity contribution >= 4 is 21.9 Å². The third-order valence-electron chi connectivity index (χ3n) is 0.849. The van der Waals surface area contributed by atoms with Gasteiger partial charge in [0, 0.05) is 10.9 Å². The number of ether oxygens (including phenoxy) is 1. The topological polar surface area (TPSA) is 26.3 Å². The van der Waals surface area contributed by atoms with E-state index >= 15 is 0 Å². The van der Waals surface area contributed by atoms with Crippen molar-refractivity contribution in [1.82, 2.24) is 0 Å². The van der Waals surface area contributed by atoms with Gasteiger partial charge in [-0.1, -0.05) is 22.5 Å². The first-order valence-corrected chi connectivity index (χ1v) is 4.46. The lowest BCUT2D eigenvalue weighted by Crippen LogP contribution is -2.24. The van der Waals surface area contributed by atoms with E-state index in [4.69, 9.17) is 4.74 Å². The number of carbonyl (C=O) groups excluding carboxylic acids is 1. The predicted molar refractivity (Wildman–Crippen MR) is 48.8 cm³/mol. The van der Waals surface area contributed by atoms with Crippen LogP contribution in [0, 0.1) is 0 Å². The van der Waals surface area contributed by atoms with Crippen LogP contribution >= 0.6 is 15.9 Å². The number of rotatable bonds is 2. The molecule has 0 radical (unpaired) electrons. The van der Waals surface area contributed by atoms with Crippen molar-refractivity contribution < 1.29 is 9.53 Å². The SMILES string of the molecule is C=C(CBr)C(=O)OC(C)(C)C.